The van der Waals surface area contributed by atoms with Gasteiger partial charge in [0.15, 0.2) is 0 Å². The molecule has 26 heavy (non-hydrogen) atoms. The molecule has 3 nitrogen and oxygen atoms in total. The van der Waals surface area contributed by atoms with Gasteiger partial charge >= 0.3 is 0 Å². The molecule has 3 rings (SSSR count). The molecule has 0 amide bonds. The Morgan fingerprint density at radius 2 is 1.85 bits per heavy atom. The summed E-state index contributed by atoms with van der Waals surface area (Å²) < 4.78 is 14.5. The van der Waals surface area contributed by atoms with Crippen molar-refractivity contribution in [3.05, 3.63) is 50.8 Å². The van der Waals surface area contributed by atoms with E-state index in [-0.39, 0.29) is 21.8 Å². The zero-order valence-corrected chi connectivity index (χ0v) is 17.2. The fourth-order valence-electron chi connectivity index (χ4n) is 2.61. The van der Waals surface area contributed by atoms with Crippen molar-refractivity contribution in [1.29, 1.82) is 0 Å². The normalized spacial score (nSPS) is 11.2. The van der Waals surface area contributed by atoms with Crippen molar-refractivity contribution in [2.75, 3.05) is 5.32 Å². The number of pyridine rings is 1. The molecule has 0 unspecified atom stereocenters. The Morgan fingerprint density at radius 1 is 1.12 bits per heavy atom. The fraction of sp³-hybridized carbons (Fsp3) is 0.263. The van der Waals surface area contributed by atoms with E-state index in [0.29, 0.717) is 16.9 Å². The molecule has 0 aliphatic heterocycles. The third-order valence-corrected chi connectivity index (χ3v) is 5.56. The topological polar surface area (TPSA) is 37.8 Å². The van der Waals surface area contributed by atoms with Crippen LogP contribution >= 0.6 is 34.5 Å². The molecule has 2 aromatic heterocycles. The van der Waals surface area contributed by atoms with Gasteiger partial charge in [-0.2, -0.15) is 0 Å². The van der Waals surface area contributed by atoms with Crippen LogP contribution in [0, 0.1) is 19.7 Å². The number of nitrogens with one attached hydrogen (secondary N) is 1. The van der Waals surface area contributed by atoms with E-state index in [0.717, 1.165) is 15.6 Å². The van der Waals surface area contributed by atoms with E-state index in [9.17, 15) is 4.39 Å². The van der Waals surface area contributed by atoms with Gasteiger partial charge < -0.3 is 5.32 Å². The molecule has 0 bridgehead atoms. The summed E-state index contributed by atoms with van der Waals surface area (Å²) in [5, 5.41) is 4.57. The number of thiazole rings is 1. The van der Waals surface area contributed by atoms with Gasteiger partial charge in [-0.25, -0.2) is 14.4 Å². The highest BCUT2D eigenvalue weighted by molar-refractivity contribution is 7.15. The van der Waals surface area contributed by atoms with Crippen molar-refractivity contribution >= 4 is 40.2 Å². The average Bonchev–Trinajstić information content (AvgIpc) is 2.88. The average molecular weight is 410 g/mol. The van der Waals surface area contributed by atoms with E-state index < -0.39 is 5.82 Å². The van der Waals surface area contributed by atoms with Gasteiger partial charge in [0.1, 0.15) is 21.7 Å². The number of aryl methyl sites for hydroxylation is 2. The van der Waals surface area contributed by atoms with E-state index >= 15 is 0 Å². The minimum Gasteiger partial charge on any atom is -0.382 e. The number of hydrogen-bond donors (Lipinski definition) is 1. The molecule has 0 aliphatic carbocycles. The van der Waals surface area contributed by atoms with Crippen LogP contribution in [0.3, 0.4) is 0 Å². The predicted molar refractivity (Wildman–Crippen MR) is 109 cm³/mol. The summed E-state index contributed by atoms with van der Waals surface area (Å²) >= 11 is 14.3. The molecule has 0 atom stereocenters. The first-order valence-corrected chi connectivity index (χ1v) is 9.71. The molecule has 0 aliphatic rings. The number of anilines is 1. The van der Waals surface area contributed by atoms with Crippen LogP contribution in [0.15, 0.2) is 24.3 Å². The van der Waals surface area contributed by atoms with E-state index in [1.54, 1.807) is 23.5 Å². The Hall–Kier alpha value is -1.69. The minimum absolute atomic E-state index is 0.116. The van der Waals surface area contributed by atoms with Crippen molar-refractivity contribution in [2.45, 2.75) is 33.7 Å². The summed E-state index contributed by atoms with van der Waals surface area (Å²) in [4.78, 5) is 10.1. The first kappa shape index (κ1) is 19.1. The smallest absolute Gasteiger partial charge is 0.142 e. The lowest BCUT2D eigenvalue weighted by Crippen LogP contribution is -2.11. The Kier molecular flexibility index (Phi) is 5.51. The molecular weight excluding hydrogens is 392 g/mol. The monoisotopic (exact) mass is 409 g/mol. The van der Waals surface area contributed by atoms with Gasteiger partial charge in [-0.05, 0) is 45.9 Å². The van der Waals surface area contributed by atoms with Crippen LogP contribution in [-0.4, -0.2) is 16.0 Å². The van der Waals surface area contributed by atoms with Gasteiger partial charge in [0.2, 0.25) is 0 Å². The maximum atomic E-state index is 14.5. The van der Waals surface area contributed by atoms with E-state index in [1.165, 1.54) is 6.07 Å². The van der Waals surface area contributed by atoms with Gasteiger partial charge in [-0.1, -0.05) is 29.3 Å². The Balaban J connectivity index is 2.25. The maximum absolute atomic E-state index is 14.5. The second kappa shape index (κ2) is 7.51. The second-order valence-corrected chi connectivity index (χ2v) is 8.25. The molecule has 1 aromatic carbocycles. The molecule has 1 N–H and O–H groups in total. The summed E-state index contributed by atoms with van der Waals surface area (Å²) in [6.07, 6.45) is 0. The van der Waals surface area contributed by atoms with Crippen LogP contribution in [0.25, 0.3) is 21.8 Å². The minimum atomic E-state index is -0.443. The summed E-state index contributed by atoms with van der Waals surface area (Å²) in [6, 6.07) is 6.52. The lowest BCUT2D eigenvalue weighted by atomic mass is 10.0. The summed E-state index contributed by atoms with van der Waals surface area (Å²) in [7, 11) is 0. The lowest BCUT2D eigenvalue weighted by molar-refractivity contribution is 0.631. The van der Waals surface area contributed by atoms with Crippen LogP contribution in [0.4, 0.5) is 10.1 Å². The van der Waals surface area contributed by atoms with E-state index in [2.05, 4.69) is 15.3 Å². The lowest BCUT2D eigenvalue weighted by Gasteiger charge is -2.18. The third kappa shape index (κ3) is 3.70. The number of aromatic nitrogens is 2. The summed E-state index contributed by atoms with van der Waals surface area (Å²) in [6.45, 7) is 7.97. The zero-order chi connectivity index (χ0) is 19.0. The zero-order valence-electron chi connectivity index (χ0n) is 14.8. The molecule has 136 valence electrons. The summed E-state index contributed by atoms with van der Waals surface area (Å²) in [5.41, 5.74) is 2.98. The van der Waals surface area contributed by atoms with E-state index in [4.69, 9.17) is 23.2 Å². The van der Waals surface area contributed by atoms with E-state index in [1.807, 2.05) is 33.8 Å². The molecule has 2 heterocycles. The van der Waals surface area contributed by atoms with Crippen molar-refractivity contribution < 1.29 is 4.39 Å². The number of halogens is 3. The van der Waals surface area contributed by atoms with Gasteiger partial charge in [0, 0.05) is 27.7 Å². The first-order valence-electron chi connectivity index (χ1n) is 8.13. The van der Waals surface area contributed by atoms with Crippen molar-refractivity contribution in [3.63, 3.8) is 0 Å². The van der Waals surface area contributed by atoms with Gasteiger partial charge in [-0.3, -0.25) is 0 Å². The van der Waals surface area contributed by atoms with Gasteiger partial charge in [0.05, 0.1) is 10.7 Å². The number of nitrogens with zero attached hydrogens (tertiary/aromatic N) is 2. The number of hydrogen-bond acceptors (Lipinski definition) is 4. The highest BCUT2D eigenvalue weighted by Gasteiger charge is 2.21. The van der Waals surface area contributed by atoms with Crippen LogP contribution < -0.4 is 5.32 Å². The van der Waals surface area contributed by atoms with Crippen molar-refractivity contribution in [1.82, 2.24) is 9.97 Å². The van der Waals surface area contributed by atoms with Crippen LogP contribution in [0.2, 0.25) is 10.2 Å². The quantitative estimate of drug-likeness (QED) is 0.483. The standard InChI is InChI=1S/C19H18Cl2FN3S/c1-9(2)23-14-8-15(19-24-10(3)11(4)26-19)25-18(21)17(14)16-12(20)6-5-7-13(16)22/h5-9H,1-4H3,(H,23,25). The van der Waals surface area contributed by atoms with Gasteiger partial charge in [0.25, 0.3) is 0 Å². The Bertz CT molecular complexity index is 930. The molecule has 0 radical (unpaired) electrons. The van der Waals surface area contributed by atoms with Gasteiger partial charge in [-0.15, -0.1) is 11.3 Å². The predicted octanol–water partition coefficient (Wildman–Crippen LogP) is 6.76. The molecule has 0 saturated heterocycles. The molecule has 0 fully saturated rings. The van der Waals surface area contributed by atoms with Crippen LogP contribution in [0.5, 0.6) is 0 Å². The Labute approximate surface area is 166 Å². The Morgan fingerprint density at radius 3 is 2.42 bits per heavy atom. The van der Waals surface area contributed by atoms with Crippen LogP contribution in [-0.2, 0) is 0 Å². The molecular formula is C19H18Cl2FN3S. The highest BCUT2D eigenvalue weighted by atomic mass is 35.5. The molecule has 7 heteroatoms. The molecule has 0 spiro atoms. The highest BCUT2D eigenvalue weighted by Crippen LogP contribution is 2.42. The number of rotatable bonds is 4. The van der Waals surface area contributed by atoms with Crippen molar-refractivity contribution in [2.24, 2.45) is 0 Å². The first-order chi connectivity index (χ1) is 12.3. The fourth-order valence-corrected chi connectivity index (χ4v) is 4.03. The molecule has 3 aromatic rings. The van der Waals surface area contributed by atoms with Crippen LogP contribution in [0.1, 0.15) is 24.4 Å². The maximum Gasteiger partial charge on any atom is 0.142 e. The number of benzene rings is 1. The summed E-state index contributed by atoms with van der Waals surface area (Å²) in [5.74, 6) is -0.443. The largest absolute Gasteiger partial charge is 0.382 e. The second-order valence-electron chi connectivity index (χ2n) is 6.28. The molecule has 0 saturated carbocycles. The SMILES string of the molecule is Cc1nc(-c2cc(NC(C)C)c(-c3c(F)cccc3Cl)c(Cl)n2)sc1C. The van der Waals surface area contributed by atoms with Crippen molar-refractivity contribution in [3.8, 4) is 21.8 Å². The third-order valence-electron chi connectivity index (χ3n) is 3.88.